The molecule has 4 aromatic rings. The zero-order chi connectivity index (χ0) is 29.4. The maximum absolute atomic E-state index is 13.8. The molecule has 0 amide bonds. The SMILES string of the molecule is Cc1ccc(OCc2ccc3c(c2)CCN(C2CCCC2)C3)c(-c2cccc(-n3ncc(C(=O)O)c3C(F)(F)F)n2)c1. The van der Waals surface area contributed by atoms with Crippen LogP contribution in [0.5, 0.6) is 5.75 Å². The van der Waals surface area contributed by atoms with Gasteiger partial charge in [-0.05, 0) is 67.1 Å². The van der Waals surface area contributed by atoms with Crippen molar-refractivity contribution in [1.29, 1.82) is 0 Å². The van der Waals surface area contributed by atoms with Crippen molar-refractivity contribution in [2.75, 3.05) is 6.54 Å². The number of aromatic carboxylic acids is 1. The zero-order valence-electron chi connectivity index (χ0n) is 23.2. The van der Waals surface area contributed by atoms with Crippen LogP contribution in [0.3, 0.4) is 0 Å². The van der Waals surface area contributed by atoms with Crippen molar-refractivity contribution < 1.29 is 27.8 Å². The summed E-state index contributed by atoms with van der Waals surface area (Å²) >= 11 is 0. The average molecular weight is 577 g/mol. The monoisotopic (exact) mass is 576 g/mol. The molecule has 218 valence electrons. The van der Waals surface area contributed by atoms with Gasteiger partial charge in [-0.3, -0.25) is 4.90 Å². The highest BCUT2D eigenvalue weighted by molar-refractivity contribution is 5.89. The molecule has 1 aliphatic carbocycles. The van der Waals surface area contributed by atoms with Gasteiger partial charge in [-0.1, -0.05) is 48.7 Å². The number of carboxylic acids is 1. The number of hydrogen-bond donors (Lipinski definition) is 1. The van der Waals surface area contributed by atoms with Gasteiger partial charge in [-0.25, -0.2) is 14.5 Å². The molecule has 2 aromatic heterocycles. The molecular weight excluding hydrogens is 545 g/mol. The molecule has 0 saturated heterocycles. The first kappa shape index (κ1) is 28.0. The molecule has 1 saturated carbocycles. The zero-order valence-corrected chi connectivity index (χ0v) is 23.2. The minimum absolute atomic E-state index is 0.152. The number of carboxylic acid groups (broad SMARTS) is 1. The fraction of sp³-hybridized carbons (Fsp3) is 0.344. The number of hydrogen-bond acceptors (Lipinski definition) is 5. The predicted octanol–water partition coefficient (Wildman–Crippen LogP) is 6.84. The fourth-order valence-electron chi connectivity index (χ4n) is 6.07. The normalized spacial score (nSPS) is 16.0. The summed E-state index contributed by atoms with van der Waals surface area (Å²) in [7, 11) is 0. The Morgan fingerprint density at radius 2 is 1.88 bits per heavy atom. The lowest BCUT2D eigenvalue weighted by Crippen LogP contribution is -2.37. The quantitative estimate of drug-likeness (QED) is 0.260. The Balaban J connectivity index is 1.25. The summed E-state index contributed by atoms with van der Waals surface area (Å²) in [5, 5.41) is 13.0. The molecule has 0 unspecified atom stereocenters. The molecule has 0 bridgehead atoms. The van der Waals surface area contributed by atoms with E-state index in [0.717, 1.165) is 30.6 Å². The number of aryl methyl sites for hydroxylation is 1. The van der Waals surface area contributed by atoms with E-state index >= 15 is 0 Å². The summed E-state index contributed by atoms with van der Waals surface area (Å²) in [5.74, 6) is -1.33. The highest BCUT2D eigenvalue weighted by atomic mass is 19.4. The van der Waals surface area contributed by atoms with Crippen LogP contribution in [0.15, 0.2) is 60.8 Å². The summed E-state index contributed by atoms with van der Waals surface area (Å²) in [6.07, 6.45) is 2.01. The molecule has 1 aliphatic heterocycles. The number of nitrogens with zero attached hydrogens (tertiary/aromatic N) is 4. The predicted molar refractivity (Wildman–Crippen MR) is 151 cm³/mol. The lowest BCUT2D eigenvalue weighted by Gasteiger charge is -2.33. The van der Waals surface area contributed by atoms with E-state index in [-0.39, 0.29) is 5.82 Å². The molecule has 2 aliphatic rings. The molecule has 1 fully saturated rings. The minimum Gasteiger partial charge on any atom is -0.488 e. The van der Waals surface area contributed by atoms with Gasteiger partial charge < -0.3 is 9.84 Å². The van der Waals surface area contributed by atoms with Crippen LogP contribution >= 0.6 is 0 Å². The lowest BCUT2D eigenvalue weighted by molar-refractivity contribution is -0.143. The van der Waals surface area contributed by atoms with Crippen LogP contribution in [0.25, 0.3) is 17.1 Å². The Hall–Kier alpha value is -4.18. The number of pyridine rings is 1. The van der Waals surface area contributed by atoms with E-state index < -0.39 is 23.4 Å². The molecule has 0 spiro atoms. The van der Waals surface area contributed by atoms with Crippen LogP contribution < -0.4 is 4.74 Å². The van der Waals surface area contributed by atoms with Gasteiger partial charge in [0, 0.05) is 24.7 Å². The third-order valence-electron chi connectivity index (χ3n) is 8.18. The molecule has 0 radical (unpaired) electrons. The number of halogens is 3. The van der Waals surface area contributed by atoms with Crippen LogP contribution in [0.4, 0.5) is 13.2 Å². The molecule has 42 heavy (non-hydrogen) atoms. The topological polar surface area (TPSA) is 80.5 Å². The number of alkyl halides is 3. The molecular formula is C32H31F3N4O3. The molecule has 0 atom stereocenters. The van der Waals surface area contributed by atoms with Crippen molar-refractivity contribution >= 4 is 5.97 Å². The van der Waals surface area contributed by atoms with Crippen LogP contribution in [0, 0.1) is 6.92 Å². The van der Waals surface area contributed by atoms with Gasteiger partial charge in [0.05, 0.1) is 11.9 Å². The smallest absolute Gasteiger partial charge is 0.434 e. The highest BCUT2D eigenvalue weighted by Gasteiger charge is 2.41. The maximum Gasteiger partial charge on any atom is 0.434 e. The van der Waals surface area contributed by atoms with Gasteiger partial charge in [0.2, 0.25) is 0 Å². The average Bonchev–Trinajstić information content (AvgIpc) is 3.67. The Kier molecular flexibility index (Phi) is 7.49. The van der Waals surface area contributed by atoms with Gasteiger partial charge in [0.25, 0.3) is 0 Å². The van der Waals surface area contributed by atoms with Crippen LogP contribution in [0.2, 0.25) is 0 Å². The van der Waals surface area contributed by atoms with E-state index in [1.54, 1.807) is 12.1 Å². The Morgan fingerprint density at radius 1 is 1.07 bits per heavy atom. The van der Waals surface area contributed by atoms with E-state index in [2.05, 4.69) is 33.2 Å². The van der Waals surface area contributed by atoms with E-state index in [1.165, 1.54) is 42.9 Å². The lowest BCUT2D eigenvalue weighted by atomic mass is 9.96. The largest absolute Gasteiger partial charge is 0.488 e. The molecule has 6 rings (SSSR count). The van der Waals surface area contributed by atoms with Crippen LogP contribution in [-0.2, 0) is 25.7 Å². The van der Waals surface area contributed by atoms with Gasteiger partial charge >= 0.3 is 12.1 Å². The summed E-state index contributed by atoms with van der Waals surface area (Å²) in [6.45, 7) is 4.30. The van der Waals surface area contributed by atoms with E-state index in [1.807, 2.05) is 25.1 Å². The minimum atomic E-state index is -4.94. The van der Waals surface area contributed by atoms with E-state index in [0.29, 0.717) is 40.5 Å². The first-order valence-corrected chi connectivity index (χ1v) is 14.1. The maximum atomic E-state index is 13.8. The summed E-state index contributed by atoms with van der Waals surface area (Å²) in [6, 6.07) is 17.4. The molecule has 10 heteroatoms. The van der Waals surface area contributed by atoms with Crippen LogP contribution in [0.1, 0.15) is 64.0 Å². The van der Waals surface area contributed by atoms with Crippen molar-refractivity contribution in [1.82, 2.24) is 19.7 Å². The summed E-state index contributed by atoms with van der Waals surface area (Å²) in [5.41, 5.74) is 3.36. The van der Waals surface area contributed by atoms with Crippen LogP contribution in [-0.4, -0.2) is 43.3 Å². The molecule has 3 heterocycles. The van der Waals surface area contributed by atoms with Crippen molar-refractivity contribution in [3.8, 4) is 22.8 Å². The second-order valence-corrected chi connectivity index (χ2v) is 11.1. The fourth-order valence-corrected chi connectivity index (χ4v) is 6.07. The van der Waals surface area contributed by atoms with E-state index in [4.69, 9.17) is 4.74 Å². The number of benzene rings is 2. The standard InChI is InChI=1S/C32H31F3N4O3/c1-20-9-12-28(42-19-21-10-11-23-18-38(14-13-22(23)16-21)24-5-2-3-6-24)25(15-20)27-7-4-8-29(37-27)39-30(32(33,34)35)26(17-36-39)31(40)41/h4,7-12,15-17,24H,2-3,5-6,13-14,18-19H2,1H3,(H,40,41). The number of aromatic nitrogens is 3. The van der Waals surface area contributed by atoms with Crippen molar-refractivity contribution in [2.45, 2.75) is 64.4 Å². The third kappa shape index (κ3) is 5.63. The second-order valence-electron chi connectivity index (χ2n) is 11.1. The third-order valence-corrected chi connectivity index (χ3v) is 8.18. The number of rotatable bonds is 7. The number of ether oxygens (including phenoxy) is 1. The molecule has 7 nitrogen and oxygen atoms in total. The van der Waals surface area contributed by atoms with Gasteiger partial charge in [0.1, 0.15) is 17.9 Å². The molecule has 2 aromatic carbocycles. The Labute approximate surface area is 241 Å². The van der Waals surface area contributed by atoms with Gasteiger partial charge in [0.15, 0.2) is 11.5 Å². The first-order chi connectivity index (χ1) is 20.2. The summed E-state index contributed by atoms with van der Waals surface area (Å²) in [4.78, 5) is 18.5. The highest BCUT2D eigenvalue weighted by Crippen LogP contribution is 2.35. The number of carbonyl (C=O) groups is 1. The van der Waals surface area contributed by atoms with Gasteiger partial charge in [-0.15, -0.1) is 0 Å². The molecule has 1 N–H and O–H groups in total. The number of fused-ring (bicyclic) bond motifs is 1. The van der Waals surface area contributed by atoms with Crippen molar-refractivity contribution in [2.24, 2.45) is 0 Å². The van der Waals surface area contributed by atoms with Crippen molar-refractivity contribution in [3.05, 3.63) is 94.3 Å². The first-order valence-electron chi connectivity index (χ1n) is 14.1. The second kappa shape index (κ2) is 11.2. The summed E-state index contributed by atoms with van der Waals surface area (Å²) < 4.78 is 48.2. The van der Waals surface area contributed by atoms with E-state index in [9.17, 15) is 23.1 Å². The van der Waals surface area contributed by atoms with Crippen molar-refractivity contribution in [3.63, 3.8) is 0 Å². The Bertz CT molecular complexity index is 1630. The van der Waals surface area contributed by atoms with Gasteiger partial charge in [-0.2, -0.15) is 18.3 Å². The Morgan fingerprint density at radius 3 is 2.64 bits per heavy atom.